The number of aromatic nitrogens is 2. The van der Waals surface area contributed by atoms with Gasteiger partial charge in [0.1, 0.15) is 18.1 Å². The summed E-state index contributed by atoms with van der Waals surface area (Å²) in [6, 6.07) is 0. The van der Waals surface area contributed by atoms with Crippen LogP contribution in [0.2, 0.25) is 0 Å². The zero-order valence-electron chi connectivity index (χ0n) is 12.7. The second-order valence-electron chi connectivity index (χ2n) is 5.38. The molecule has 3 N–H and O–H groups in total. The van der Waals surface area contributed by atoms with Crippen LogP contribution < -0.4 is 15.8 Å². The lowest BCUT2D eigenvalue weighted by atomic mass is 9.96. The van der Waals surface area contributed by atoms with Gasteiger partial charge in [-0.1, -0.05) is 26.8 Å². The molecule has 0 aliphatic rings. The first kappa shape index (κ1) is 16.2. The highest BCUT2D eigenvalue weighted by molar-refractivity contribution is 5.67. The molecule has 20 heavy (non-hydrogen) atoms. The molecule has 1 aromatic heterocycles. The van der Waals surface area contributed by atoms with Gasteiger partial charge < -0.3 is 20.5 Å². The monoisotopic (exact) mass is 280 g/mol. The minimum Gasteiger partial charge on any atom is -0.474 e. The molecule has 6 nitrogen and oxygen atoms in total. The van der Waals surface area contributed by atoms with Crippen molar-refractivity contribution in [1.82, 2.24) is 9.97 Å². The third-order valence-corrected chi connectivity index (χ3v) is 2.52. The SMILES string of the molecule is C=CCNc1nc(C(C)(C)C)nc(OCCOC)c1N. The molecule has 1 heterocycles. The standard InChI is InChI=1S/C14H24N4O2/c1-6-7-16-11-10(15)12(20-9-8-19-5)18-13(17-11)14(2,3)4/h6H,1,7-9,15H2,2-5H3,(H,16,17,18). The van der Waals surface area contributed by atoms with Gasteiger partial charge in [0, 0.05) is 19.1 Å². The maximum Gasteiger partial charge on any atom is 0.242 e. The summed E-state index contributed by atoms with van der Waals surface area (Å²) in [5.74, 6) is 1.62. The van der Waals surface area contributed by atoms with Crippen LogP contribution in [-0.2, 0) is 10.2 Å². The lowest BCUT2D eigenvalue weighted by Gasteiger charge is -2.20. The molecule has 0 atom stereocenters. The highest BCUT2D eigenvalue weighted by Gasteiger charge is 2.22. The Balaban J connectivity index is 3.09. The van der Waals surface area contributed by atoms with E-state index in [9.17, 15) is 0 Å². The van der Waals surface area contributed by atoms with Gasteiger partial charge in [-0.3, -0.25) is 0 Å². The van der Waals surface area contributed by atoms with Gasteiger partial charge in [0.25, 0.3) is 0 Å². The minimum absolute atomic E-state index is 0.197. The van der Waals surface area contributed by atoms with E-state index in [4.69, 9.17) is 15.2 Å². The third kappa shape index (κ3) is 4.38. The average molecular weight is 280 g/mol. The summed E-state index contributed by atoms with van der Waals surface area (Å²) < 4.78 is 10.5. The number of nitrogens with one attached hydrogen (secondary N) is 1. The molecule has 1 aromatic rings. The molecule has 0 fully saturated rings. The molecule has 112 valence electrons. The normalized spacial score (nSPS) is 11.2. The van der Waals surface area contributed by atoms with Gasteiger partial charge >= 0.3 is 0 Å². The van der Waals surface area contributed by atoms with E-state index in [1.54, 1.807) is 13.2 Å². The van der Waals surface area contributed by atoms with Gasteiger partial charge in [-0.25, -0.2) is 4.98 Å². The van der Waals surface area contributed by atoms with E-state index in [0.717, 1.165) is 0 Å². The summed E-state index contributed by atoms with van der Waals surface area (Å²) in [5, 5.41) is 3.10. The van der Waals surface area contributed by atoms with Crippen molar-refractivity contribution in [2.75, 3.05) is 37.9 Å². The van der Waals surface area contributed by atoms with E-state index < -0.39 is 0 Å². The van der Waals surface area contributed by atoms with Crippen LogP contribution in [0.15, 0.2) is 12.7 Å². The minimum atomic E-state index is -0.197. The number of methoxy groups -OCH3 is 1. The molecular formula is C14H24N4O2. The first-order valence-electron chi connectivity index (χ1n) is 6.54. The Bertz CT molecular complexity index is 455. The molecule has 1 rings (SSSR count). The molecule has 0 saturated heterocycles. The van der Waals surface area contributed by atoms with Crippen LogP contribution >= 0.6 is 0 Å². The van der Waals surface area contributed by atoms with Crippen molar-refractivity contribution < 1.29 is 9.47 Å². The number of hydrogen-bond acceptors (Lipinski definition) is 6. The van der Waals surface area contributed by atoms with Crippen LogP contribution in [0.3, 0.4) is 0 Å². The van der Waals surface area contributed by atoms with Gasteiger partial charge in [0.2, 0.25) is 5.88 Å². The number of nitrogens with zero attached hydrogens (tertiary/aromatic N) is 2. The van der Waals surface area contributed by atoms with Crippen molar-refractivity contribution in [2.24, 2.45) is 0 Å². The fraction of sp³-hybridized carbons (Fsp3) is 0.571. The van der Waals surface area contributed by atoms with Crippen molar-refractivity contribution in [2.45, 2.75) is 26.2 Å². The van der Waals surface area contributed by atoms with Gasteiger partial charge in [-0.05, 0) is 0 Å². The number of nitrogen functional groups attached to an aromatic ring is 1. The predicted octanol–water partition coefficient (Wildman–Crippen LogP) is 1.98. The quantitative estimate of drug-likeness (QED) is 0.587. The van der Waals surface area contributed by atoms with E-state index in [-0.39, 0.29) is 5.41 Å². The molecule has 6 heteroatoms. The molecule has 0 radical (unpaired) electrons. The molecule has 0 aliphatic carbocycles. The first-order chi connectivity index (χ1) is 9.40. The number of nitrogens with two attached hydrogens (primary N) is 1. The van der Waals surface area contributed by atoms with Gasteiger partial charge in [-0.2, -0.15) is 4.98 Å². The molecule has 0 saturated carbocycles. The predicted molar refractivity (Wildman–Crippen MR) is 81.2 cm³/mol. The molecular weight excluding hydrogens is 256 g/mol. The Labute approximate surface area is 120 Å². The van der Waals surface area contributed by atoms with Crippen molar-refractivity contribution >= 4 is 11.5 Å². The van der Waals surface area contributed by atoms with Crippen LogP contribution in [0.1, 0.15) is 26.6 Å². The number of rotatable bonds is 7. The Morgan fingerprint density at radius 2 is 2.00 bits per heavy atom. The summed E-state index contributed by atoms with van der Waals surface area (Å²) in [6.45, 7) is 11.2. The third-order valence-electron chi connectivity index (χ3n) is 2.52. The molecule has 0 unspecified atom stereocenters. The molecule has 0 aromatic carbocycles. The number of ether oxygens (including phenoxy) is 2. The fourth-order valence-corrected chi connectivity index (χ4v) is 1.42. The summed E-state index contributed by atoms with van der Waals surface area (Å²) >= 11 is 0. The number of hydrogen-bond donors (Lipinski definition) is 2. The summed E-state index contributed by atoms with van der Waals surface area (Å²) in [6.07, 6.45) is 1.74. The van der Waals surface area contributed by atoms with E-state index in [0.29, 0.717) is 43.0 Å². The average Bonchev–Trinajstić information content (AvgIpc) is 2.38. The van der Waals surface area contributed by atoms with Crippen LogP contribution in [0.4, 0.5) is 11.5 Å². The van der Waals surface area contributed by atoms with Crippen LogP contribution in [0.5, 0.6) is 5.88 Å². The highest BCUT2D eigenvalue weighted by Crippen LogP contribution is 2.30. The van der Waals surface area contributed by atoms with Crippen molar-refractivity contribution in [3.05, 3.63) is 18.5 Å². The smallest absolute Gasteiger partial charge is 0.242 e. The Kier molecular flexibility index (Phi) is 5.76. The lowest BCUT2D eigenvalue weighted by molar-refractivity contribution is 0.144. The van der Waals surface area contributed by atoms with E-state index >= 15 is 0 Å². The second kappa shape index (κ2) is 7.09. The molecule has 0 amide bonds. The van der Waals surface area contributed by atoms with Crippen LogP contribution in [0.25, 0.3) is 0 Å². The molecule has 0 aliphatic heterocycles. The largest absolute Gasteiger partial charge is 0.474 e. The fourth-order valence-electron chi connectivity index (χ4n) is 1.42. The van der Waals surface area contributed by atoms with Gasteiger partial charge in [-0.15, -0.1) is 6.58 Å². The summed E-state index contributed by atoms with van der Waals surface area (Å²) in [4.78, 5) is 8.87. The van der Waals surface area contributed by atoms with Gasteiger partial charge in [0.05, 0.1) is 6.61 Å². The van der Waals surface area contributed by atoms with E-state index in [1.165, 1.54) is 0 Å². The second-order valence-corrected chi connectivity index (χ2v) is 5.38. The Hall–Kier alpha value is -1.82. The highest BCUT2D eigenvalue weighted by atomic mass is 16.5. The van der Waals surface area contributed by atoms with Crippen LogP contribution in [-0.4, -0.2) is 36.8 Å². The van der Waals surface area contributed by atoms with Crippen molar-refractivity contribution in [3.63, 3.8) is 0 Å². The lowest BCUT2D eigenvalue weighted by Crippen LogP contribution is -2.20. The van der Waals surface area contributed by atoms with Gasteiger partial charge in [0.15, 0.2) is 5.82 Å². The maximum atomic E-state index is 6.03. The summed E-state index contributed by atoms with van der Waals surface area (Å²) in [5.41, 5.74) is 6.23. The molecule has 0 bridgehead atoms. The number of anilines is 2. The van der Waals surface area contributed by atoms with Crippen molar-refractivity contribution in [1.29, 1.82) is 0 Å². The molecule has 0 spiro atoms. The zero-order valence-corrected chi connectivity index (χ0v) is 12.7. The first-order valence-corrected chi connectivity index (χ1v) is 6.54. The van der Waals surface area contributed by atoms with Crippen molar-refractivity contribution in [3.8, 4) is 5.88 Å². The van der Waals surface area contributed by atoms with Crippen LogP contribution in [0, 0.1) is 0 Å². The van der Waals surface area contributed by atoms with E-state index in [2.05, 4.69) is 21.9 Å². The summed E-state index contributed by atoms with van der Waals surface area (Å²) in [7, 11) is 1.62. The topological polar surface area (TPSA) is 82.3 Å². The zero-order chi connectivity index (χ0) is 15.2. The maximum absolute atomic E-state index is 6.03. The Morgan fingerprint density at radius 1 is 1.30 bits per heavy atom. The Morgan fingerprint density at radius 3 is 2.55 bits per heavy atom. The van der Waals surface area contributed by atoms with E-state index in [1.807, 2.05) is 20.8 Å².